The second-order valence-electron chi connectivity index (χ2n) is 6.62. The third kappa shape index (κ3) is 4.06. The Morgan fingerprint density at radius 3 is 2.87 bits per heavy atom. The van der Waals surface area contributed by atoms with Gasteiger partial charge in [-0.25, -0.2) is 9.48 Å². The van der Waals surface area contributed by atoms with Crippen molar-refractivity contribution in [2.24, 2.45) is 0 Å². The van der Waals surface area contributed by atoms with Crippen LogP contribution in [0.15, 0.2) is 65.2 Å². The molecule has 9 heteroatoms. The molecule has 0 aliphatic carbocycles. The van der Waals surface area contributed by atoms with Crippen LogP contribution in [0.2, 0.25) is 5.02 Å². The quantitative estimate of drug-likeness (QED) is 0.446. The monoisotopic (exact) mass is 441 g/mol. The molecule has 3 heterocycles. The third-order valence-corrected chi connectivity index (χ3v) is 5.90. The SMILES string of the molecule is CCOC(=O)C1=C(C)Nc2nc(SCc3ccccc3Cl)nn2C1c1cccnc1. The van der Waals surface area contributed by atoms with Gasteiger partial charge in [0.05, 0.1) is 12.2 Å². The van der Waals surface area contributed by atoms with E-state index in [1.807, 2.05) is 43.3 Å². The molecule has 0 fully saturated rings. The van der Waals surface area contributed by atoms with Gasteiger partial charge in [0.2, 0.25) is 11.1 Å². The number of nitrogens with zero attached hydrogens (tertiary/aromatic N) is 4. The topological polar surface area (TPSA) is 81.9 Å². The van der Waals surface area contributed by atoms with E-state index in [4.69, 9.17) is 16.3 Å². The lowest BCUT2D eigenvalue weighted by Gasteiger charge is -2.27. The van der Waals surface area contributed by atoms with Crippen LogP contribution in [0.1, 0.15) is 31.0 Å². The first-order chi connectivity index (χ1) is 14.6. The first-order valence-corrected chi connectivity index (χ1v) is 10.8. The summed E-state index contributed by atoms with van der Waals surface area (Å²) in [7, 11) is 0. The third-order valence-electron chi connectivity index (χ3n) is 4.64. The fourth-order valence-corrected chi connectivity index (χ4v) is 4.38. The number of halogens is 1. The number of benzene rings is 1. The number of fused-ring (bicyclic) bond motifs is 1. The molecule has 2 aromatic heterocycles. The number of hydrogen-bond donors (Lipinski definition) is 1. The van der Waals surface area contributed by atoms with Crippen molar-refractivity contribution >= 4 is 35.3 Å². The van der Waals surface area contributed by atoms with Gasteiger partial charge in [0.15, 0.2) is 0 Å². The number of pyridine rings is 1. The van der Waals surface area contributed by atoms with Crippen LogP contribution < -0.4 is 5.32 Å². The van der Waals surface area contributed by atoms with Crippen molar-refractivity contribution in [2.45, 2.75) is 30.8 Å². The van der Waals surface area contributed by atoms with Crippen LogP contribution in [0.3, 0.4) is 0 Å². The Kier molecular flexibility index (Phi) is 6.06. The van der Waals surface area contributed by atoms with Crippen molar-refractivity contribution in [3.8, 4) is 0 Å². The summed E-state index contributed by atoms with van der Waals surface area (Å²) in [6.45, 7) is 3.91. The molecule has 154 valence electrons. The molecule has 3 aromatic rings. The van der Waals surface area contributed by atoms with Gasteiger partial charge in [-0.1, -0.05) is 47.6 Å². The van der Waals surface area contributed by atoms with Crippen molar-refractivity contribution in [3.05, 3.63) is 76.2 Å². The van der Waals surface area contributed by atoms with Crippen LogP contribution in [0, 0.1) is 0 Å². The van der Waals surface area contributed by atoms with Gasteiger partial charge in [0, 0.05) is 28.9 Å². The van der Waals surface area contributed by atoms with Crippen molar-refractivity contribution in [3.63, 3.8) is 0 Å². The molecule has 0 spiro atoms. The minimum atomic E-state index is -0.476. The van der Waals surface area contributed by atoms with Crippen LogP contribution in [0.25, 0.3) is 0 Å². The predicted molar refractivity (Wildman–Crippen MR) is 116 cm³/mol. The van der Waals surface area contributed by atoms with E-state index in [-0.39, 0.29) is 5.97 Å². The number of esters is 1. The Bertz CT molecular complexity index is 1100. The van der Waals surface area contributed by atoms with Crippen molar-refractivity contribution in [1.82, 2.24) is 19.7 Å². The van der Waals surface area contributed by atoms with Gasteiger partial charge in [0.1, 0.15) is 6.04 Å². The van der Waals surface area contributed by atoms with Crippen LogP contribution >= 0.6 is 23.4 Å². The number of ether oxygens (including phenoxy) is 1. The van der Waals surface area contributed by atoms with Gasteiger partial charge >= 0.3 is 5.97 Å². The first kappa shape index (κ1) is 20.4. The van der Waals surface area contributed by atoms with E-state index in [0.717, 1.165) is 11.1 Å². The van der Waals surface area contributed by atoms with E-state index in [9.17, 15) is 4.79 Å². The summed E-state index contributed by atoms with van der Waals surface area (Å²) in [6, 6.07) is 11.0. The molecule has 0 radical (unpaired) electrons. The molecular formula is C21H20ClN5O2S. The number of allylic oxidation sites excluding steroid dienone is 1. The molecule has 1 aliphatic heterocycles. The molecule has 7 nitrogen and oxygen atoms in total. The Morgan fingerprint density at radius 2 is 2.13 bits per heavy atom. The van der Waals surface area contributed by atoms with E-state index in [1.165, 1.54) is 11.8 Å². The number of thioether (sulfide) groups is 1. The summed E-state index contributed by atoms with van der Waals surface area (Å²) in [5, 5.41) is 9.16. The summed E-state index contributed by atoms with van der Waals surface area (Å²) in [5.74, 6) is 0.816. The van der Waals surface area contributed by atoms with E-state index in [2.05, 4.69) is 20.4 Å². The Balaban J connectivity index is 1.68. The maximum absolute atomic E-state index is 12.7. The highest BCUT2D eigenvalue weighted by Gasteiger charge is 2.35. The number of carbonyl (C=O) groups is 1. The Hall–Kier alpha value is -2.84. The number of anilines is 1. The highest BCUT2D eigenvalue weighted by molar-refractivity contribution is 7.98. The number of rotatable bonds is 6. The lowest BCUT2D eigenvalue weighted by molar-refractivity contribution is -0.139. The van der Waals surface area contributed by atoms with Gasteiger partial charge in [-0.05, 0) is 37.1 Å². The zero-order valence-electron chi connectivity index (χ0n) is 16.5. The second kappa shape index (κ2) is 8.89. The number of aromatic nitrogens is 4. The van der Waals surface area contributed by atoms with Gasteiger partial charge < -0.3 is 10.1 Å². The molecule has 4 rings (SSSR count). The maximum atomic E-state index is 12.7. The summed E-state index contributed by atoms with van der Waals surface area (Å²) >= 11 is 7.74. The van der Waals surface area contributed by atoms with Crippen LogP contribution in [-0.2, 0) is 15.3 Å². The minimum Gasteiger partial charge on any atom is -0.463 e. The van der Waals surface area contributed by atoms with E-state index in [0.29, 0.717) is 39.8 Å². The zero-order valence-corrected chi connectivity index (χ0v) is 18.1. The van der Waals surface area contributed by atoms with Crippen molar-refractivity contribution < 1.29 is 9.53 Å². The van der Waals surface area contributed by atoms with Gasteiger partial charge in [-0.15, -0.1) is 5.10 Å². The van der Waals surface area contributed by atoms with Crippen LogP contribution in [0.5, 0.6) is 0 Å². The highest BCUT2D eigenvalue weighted by Crippen LogP contribution is 2.37. The van der Waals surface area contributed by atoms with Gasteiger partial charge in [0.25, 0.3) is 0 Å². The number of carbonyl (C=O) groups excluding carboxylic acids is 1. The van der Waals surface area contributed by atoms with Crippen LogP contribution in [0.4, 0.5) is 5.95 Å². The Morgan fingerprint density at radius 1 is 1.30 bits per heavy atom. The summed E-state index contributed by atoms with van der Waals surface area (Å²) in [5.41, 5.74) is 3.01. The summed E-state index contributed by atoms with van der Waals surface area (Å²) < 4.78 is 7.02. The van der Waals surface area contributed by atoms with Gasteiger partial charge in [-0.2, -0.15) is 4.98 Å². The molecule has 1 N–H and O–H groups in total. The first-order valence-electron chi connectivity index (χ1n) is 9.46. The largest absolute Gasteiger partial charge is 0.463 e. The molecule has 30 heavy (non-hydrogen) atoms. The molecule has 1 aromatic carbocycles. The molecule has 0 saturated heterocycles. The smallest absolute Gasteiger partial charge is 0.338 e. The molecule has 1 unspecified atom stereocenters. The Labute approximate surface area is 183 Å². The average Bonchev–Trinajstić information content (AvgIpc) is 3.15. The van der Waals surface area contributed by atoms with E-state index in [1.54, 1.807) is 24.0 Å². The van der Waals surface area contributed by atoms with E-state index < -0.39 is 6.04 Å². The number of hydrogen-bond acceptors (Lipinski definition) is 7. The average molecular weight is 442 g/mol. The molecule has 1 atom stereocenters. The summed E-state index contributed by atoms with van der Waals surface area (Å²) in [4.78, 5) is 21.6. The van der Waals surface area contributed by atoms with Crippen LogP contribution in [-0.4, -0.2) is 32.3 Å². The molecule has 0 saturated carbocycles. The molecule has 1 aliphatic rings. The second-order valence-corrected chi connectivity index (χ2v) is 7.97. The predicted octanol–water partition coefficient (Wildman–Crippen LogP) is 4.47. The summed E-state index contributed by atoms with van der Waals surface area (Å²) in [6.07, 6.45) is 3.42. The fraction of sp³-hybridized carbons (Fsp3) is 0.238. The lowest BCUT2D eigenvalue weighted by atomic mass is 9.97. The number of nitrogens with one attached hydrogen (secondary N) is 1. The normalized spacial score (nSPS) is 15.5. The maximum Gasteiger partial charge on any atom is 0.338 e. The minimum absolute atomic E-state index is 0.290. The fourth-order valence-electron chi connectivity index (χ4n) is 3.27. The lowest BCUT2D eigenvalue weighted by Crippen LogP contribution is -2.29. The molecule has 0 bridgehead atoms. The van der Waals surface area contributed by atoms with Crippen molar-refractivity contribution in [1.29, 1.82) is 0 Å². The van der Waals surface area contributed by atoms with Gasteiger partial charge in [-0.3, -0.25) is 4.98 Å². The van der Waals surface area contributed by atoms with Crippen molar-refractivity contribution in [2.75, 3.05) is 11.9 Å². The molecular weight excluding hydrogens is 422 g/mol. The standard InChI is InChI=1S/C21H20ClN5O2S/c1-3-29-19(28)17-13(2)24-20-25-21(30-12-15-7-4-5-9-16(15)22)26-27(20)18(17)14-8-6-10-23-11-14/h4-11,18H,3,12H2,1-2H3,(H,24,25,26). The molecule has 0 amide bonds. The zero-order chi connectivity index (χ0) is 21.1. The highest BCUT2D eigenvalue weighted by atomic mass is 35.5. The van der Waals surface area contributed by atoms with E-state index >= 15 is 0 Å².